The van der Waals surface area contributed by atoms with E-state index < -0.39 is 11.2 Å². The van der Waals surface area contributed by atoms with E-state index in [0.717, 1.165) is 19.5 Å². The van der Waals surface area contributed by atoms with Crippen molar-refractivity contribution in [2.45, 2.75) is 26.4 Å². The van der Waals surface area contributed by atoms with Crippen LogP contribution in [0.3, 0.4) is 0 Å². The van der Waals surface area contributed by atoms with E-state index in [1.165, 1.54) is 4.57 Å². The minimum absolute atomic E-state index is 0. The number of aromatic nitrogens is 4. The minimum Gasteiger partial charge on any atom is -0.453 e. The summed E-state index contributed by atoms with van der Waals surface area (Å²) >= 11 is 12.6. The fraction of sp³-hybridized carbons (Fsp3) is 0.375. The standard InChI is InChI=1S/C24H25Cl2N5O4.ClH/c1-2-8-31-22-20(23(32)28-24(31)33)30(10-9-29-11-13-34-14-12-29)21(27-22)18-7-6-17(35-18)15-4-3-5-16(25)19(15)26;/h3-7H,2,8-14H2,1H3,(H,28,32,33);1H. The fourth-order valence-electron chi connectivity index (χ4n) is 4.37. The summed E-state index contributed by atoms with van der Waals surface area (Å²) in [7, 11) is 0. The Morgan fingerprint density at radius 2 is 1.75 bits per heavy atom. The first-order valence-electron chi connectivity index (χ1n) is 11.6. The number of imidazole rings is 1. The van der Waals surface area contributed by atoms with Gasteiger partial charge in [-0.15, -0.1) is 12.4 Å². The van der Waals surface area contributed by atoms with Crippen molar-refractivity contribution in [2.75, 3.05) is 32.8 Å². The molecule has 0 radical (unpaired) electrons. The van der Waals surface area contributed by atoms with Crippen LogP contribution >= 0.6 is 35.6 Å². The first-order chi connectivity index (χ1) is 17.0. The molecule has 5 rings (SSSR count). The molecule has 0 aliphatic carbocycles. The van der Waals surface area contributed by atoms with Crippen molar-refractivity contribution >= 4 is 46.8 Å². The molecule has 4 heterocycles. The zero-order valence-electron chi connectivity index (χ0n) is 19.6. The van der Waals surface area contributed by atoms with Crippen LogP contribution in [-0.2, 0) is 17.8 Å². The highest BCUT2D eigenvalue weighted by Crippen LogP contribution is 2.36. The molecule has 4 aromatic rings. The number of morpholine rings is 1. The number of rotatable bonds is 7. The number of hydrogen-bond donors (Lipinski definition) is 1. The van der Waals surface area contributed by atoms with E-state index in [-0.39, 0.29) is 12.4 Å². The Bertz CT molecular complexity index is 1480. The van der Waals surface area contributed by atoms with Gasteiger partial charge in [-0.2, -0.15) is 0 Å². The number of halogens is 3. The maximum atomic E-state index is 13.0. The Hall–Kier alpha value is -2.56. The second-order valence-electron chi connectivity index (χ2n) is 8.39. The van der Waals surface area contributed by atoms with Gasteiger partial charge in [-0.1, -0.05) is 36.2 Å². The maximum Gasteiger partial charge on any atom is 0.330 e. The minimum atomic E-state index is -0.473. The first-order valence-corrected chi connectivity index (χ1v) is 12.3. The van der Waals surface area contributed by atoms with E-state index in [1.54, 1.807) is 24.3 Å². The van der Waals surface area contributed by atoms with Gasteiger partial charge in [-0.3, -0.25) is 19.2 Å². The van der Waals surface area contributed by atoms with Crippen LogP contribution in [0.1, 0.15) is 13.3 Å². The molecule has 0 amide bonds. The Balaban J connectivity index is 0.00000304. The number of benzene rings is 1. The van der Waals surface area contributed by atoms with Crippen molar-refractivity contribution in [1.82, 2.24) is 24.0 Å². The summed E-state index contributed by atoms with van der Waals surface area (Å²) in [6.45, 7) is 6.58. The molecule has 0 unspecified atom stereocenters. The Kier molecular flexibility index (Phi) is 8.27. The topological polar surface area (TPSA) is 98.3 Å². The number of nitrogens with zero attached hydrogens (tertiary/aromatic N) is 4. The van der Waals surface area contributed by atoms with Crippen LogP contribution in [0.15, 0.2) is 44.3 Å². The van der Waals surface area contributed by atoms with Gasteiger partial charge in [-0.25, -0.2) is 9.78 Å². The Labute approximate surface area is 223 Å². The number of H-pyrrole nitrogens is 1. The first kappa shape index (κ1) is 26.5. The van der Waals surface area contributed by atoms with Crippen LogP contribution in [0.5, 0.6) is 0 Å². The monoisotopic (exact) mass is 553 g/mol. The molecule has 1 aliphatic heterocycles. The molecular formula is C24H26Cl3N5O4. The summed E-state index contributed by atoms with van der Waals surface area (Å²) in [5.74, 6) is 1.46. The molecule has 36 heavy (non-hydrogen) atoms. The van der Waals surface area contributed by atoms with Gasteiger partial charge in [-0.05, 0) is 30.7 Å². The third-order valence-electron chi connectivity index (χ3n) is 6.12. The average Bonchev–Trinajstić information content (AvgIpc) is 3.48. The number of nitrogens with one attached hydrogen (secondary N) is 1. The molecule has 12 heteroatoms. The third-order valence-corrected chi connectivity index (χ3v) is 6.94. The van der Waals surface area contributed by atoms with Crippen molar-refractivity contribution in [3.63, 3.8) is 0 Å². The van der Waals surface area contributed by atoms with E-state index >= 15 is 0 Å². The second-order valence-corrected chi connectivity index (χ2v) is 9.17. The molecular weight excluding hydrogens is 529 g/mol. The van der Waals surface area contributed by atoms with Gasteiger partial charge in [0, 0.05) is 38.3 Å². The zero-order chi connectivity index (χ0) is 24.5. The lowest BCUT2D eigenvalue weighted by Gasteiger charge is -2.26. The summed E-state index contributed by atoms with van der Waals surface area (Å²) < 4.78 is 14.9. The number of fused-ring (bicyclic) bond motifs is 1. The van der Waals surface area contributed by atoms with E-state index in [4.69, 9.17) is 37.3 Å². The number of ether oxygens (including phenoxy) is 1. The quantitative estimate of drug-likeness (QED) is 0.366. The third kappa shape index (κ3) is 4.99. The number of hydrogen-bond acceptors (Lipinski definition) is 6. The van der Waals surface area contributed by atoms with E-state index in [0.29, 0.717) is 77.0 Å². The summed E-state index contributed by atoms with van der Waals surface area (Å²) in [5.41, 5.74) is 0.404. The lowest BCUT2D eigenvalue weighted by atomic mass is 10.2. The van der Waals surface area contributed by atoms with Crippen molar-refractivity contribution < 1.29 is 9.15 Å². The maximum absolute atomic E-state index is 13.0. The van der Waals surface area contributed by atoms with Crippen molar-refractivity contribution in [3.8, 4) is 22.9 Å². The molecule has 1 fully saturated rings. The van der Waals surface area contributed by atoms with Crippen molar-refractivity contribution in [1.29, 1.82) is 0 Å². The molecule has 1 saturated heterocycles. The summed E-state index contributed by atoms with van der Waals surface area (Å²) in [6, 6.07) is 8.91. The summed E-state index contributed by atoms with van der Waals surface area (Å²) in [4.78, 5) is 35.0. The van der Waals surface area contributed by atoms with Crippen LogP contribution in [-0.4, -0.2) is 56.9 Å². The molecule has 1 N–H and O–H groups in total. The van der Waals surface area contributed by atoms with Gasteiger partial charge in [0.15, 0.2) is 22.7 Å². The van der Waals surface area contributed by atoms with Crippen LogP contribution in [0.4, 0.5) is 0 Å². The van der Waals surface area contributed by atoms with Gasteiger partial charge in [0.2, 0.25) is 0 Å². The second kappa shape index (κ2) is 11.2. The molecule has 0 atom stereocenters. The van der Waals surface area contributed by atoms with Gasteiger partial charge in [0.1, 0.15) is 5.76 Å². The van der Waals surface area contributed by atoms with E-state index in [9.17, 15) is 9.59 Å². The predicted octanol–water partition coefficient (Wildman–Crippen LogP) is 4.28. The summed E-state index contributed by atoms with van der Waals surface area (Å²) in [5, 5.41) is 0.819. The Morgan fingerprint density at radius 1 is 1.00 bits per heavy atom. The molecule has 9 nitrogen and oxygen atoms in total. The summed E-state index contributed by atoms with van der Waals surface area (Å²) in [6.07, 6.45) is 0.717. The molecule has 1 aromatic carbocycles. The van der Waals surface area contributed by atoms with Crippen LogP contribution in [0.25, 0.3) is 34.1 Å². The largest absolute Gasteiger partial charge is 0.453 e. The molecule has 1 aliphatic rings. The SMILES string of the molecule is CCCn1c(=O)[nH]c(=O)c2c1nc(-c1ccc(-c3cccc(Cl)c3Cl)o1)n2CCN1CCOCC1.Cl. The van der Waals surface area contributed by atoms with Gasteiger partial charge in [0.25, 0.3) is 5.56 Å². The van der Waals surface area contributed by atoms with E-state index in [1.807, 2.05) is 17.6 Å². The van der Waals surface area contributed by atoms with E-state index in [2.05, 4.69) is 9.88 Å². The highest BCUT2D eigenvalue weighted by atomic mass is 35.5. The lowest BCUT2D eigenvalue weighted by molar-refractivity contribution is 0.0365. The van der Waals surface area contributed by atoms with Crippen molar-refractivity contribution in [3.05, 3.63) is 61.2 Å². The highest BCUT2D eigenvalue weighted by Gasteiger charge is 2.23. The van der Waals surface area contributed by atoms with Crippen LogP contribution < -0.4 is 11.2 Å². The van der Waals surface area contributed by atoms with Crippen LogP contribution in [0.2, 0.25) is 10.0 Å². The number of furan rings is 1. The molecule has 0 bridgehead atoms. The highest BCUT2D eigenvalue weighted by molar-refractivity contribution is 6.43. The van der Waals surface area contributed by atoms with Gasteiger partial charge in [0.05, 0.1) is 23.3 Å². The van der Waals surface area contributed by atoms with Gasteiger partial charge < -0.3 is 13.7 Å². The lowest BCUT2D eigenvalue weighted by Crippen LogP contribution is -2.38. The molecule has 0 saturated carbocycles. The van der Waals surface area contributed by atoms with Crippen LogP contribution in [0, 0.1) is 0 Å². The predicted molar refractivity (Wildman–Crippen MR) is 143 cm³/mol. The molecule has 192 valence electrons. The van der Waals surface area contributed by atoms with Gasteiger partial charge >= 0.3 is 5.69 Å². The normalized spacial score (nSPS) is 14.3. The van der Waals surface area contributed by atoms with Crippen molar-refractivity contribution in [2.24, 2.45) is 0 Å². The Morgan fingerprint density at radius 3 is 2.50 bits per heavy atom. The fourth-order valence-corrected chi connectivity index (χ4v) is 4.77. The average molecular weight is 555 g/mol. The number of aryl methyl sites for hydroxylation is 1. The molecule has 3 aromatic heterocycles. The zero-order valence-corrected chi connectivity index (χ0v) is 22.0. The smallest absolute Gasteiger partial charge is 0.330 e. The molecule has 0 spiro atoms. The number of aromatic amines is 1.